The van der Waals surface area contributed by atoms with Gasteiger partial charge in [-0.1, -0.05) is 6.08 Å². The highest BCUT2D eigenvalue weighted by atomic mass is 16.5. The van der Waals surface area contributed by atoms with Crippen LogP contribution in [0, 0.1) is 0 Å². The molecular formula is C28H39N3O8. The Bertz CT molecular complexity index is 1070. The molecule has 1 aromatic carbocycles. The van der Waals surface area contributed by atoms with E-state index >= 15 is 0 Å². The molecule has 11 nitrogen and oxygen atoms in total. The van der Waals surface area contributed by atoms with Crippen molar-refractivity contribution in [3.63, 3.8) is 0 Å². The van der Waals surface area contributed by atoms with Gasteiger partial charge in [0, 0.05) is 50.3 Å². The number of carbonyl (C=O) groups excluding carboxylic acids is 2. The number of hydrogen-bond donors (Lipinski definition) is 4. The van der Waals surface area contributed by atoms with Crippen LogP contribution in [0.15, 0.2) is 36.4 Å². The normalized spacial score (nSPS) is 24.2. The van der Waals surface area contributed by atoms with E-state index in [2.05, 4.69) is 16.8 Å². The highest BCUT2D eigenvalue weighted by Crippen LogP contribution is 2.51. The fourth-order valence-electron chi connectivity index (χ4n) is 5.50. The van der Waals surface area contributed by atoms with E-state index in [4.69, 9.17) is 14.2 Å². The fourth-order valence-corrected chi connectivity index (χ4v) is 5.50. The molecule has 1 aromatic rings. The molecule has 0 spiro atoms. The highest BCUT2D eigenvalue weighted by Gasteiger charge is 2.51. The second-order valence-electron chi connectivity index (χ2n) is 9.89. The summed E-state index contributed by atoms with van der Waals surface area (Å²) in [6.45, 7) is 6.99. The lowest BCUT2D eigenvalue weighted by atomic mass is 9.77. The van der Waals surface area contributed by atoms with Crippen molar-refractivity contribution < 1.29 is 39.1 Å². The van der Waals surface area contributed by atoms with Crippen LogP contribution in [-0.4, -0.2) is 115 Å². The minimum absolute atomic E-state index is 0.0491. The molecule has 1 fully saturated rings. The van der Waals surface area contributed by atoms with E-state index in [-0.39, 0.29) is 32.1 Å². The number of amides is 2. The molecule has 11 heteroatoms. The van der Waals surface area contributed by atoms with E-state index < -0.39 is 30.1 Å². The predicted octanol–water partition coefficient (Wildman–Crippen LogP) is -0.0629. The van der Waals surface area contributed by atoms with Crippen molar-refractivity contribution in [2.75, 3.05) is 59.7 Å². The summed E-state index contributed by atoms with van der Waals surface area (Å²) < 4.78 is 17.2. The van der Waals surface area contributed by atoms with Gasteiger partial charge in [0.1, 0.15) is 12.2 Å². The van der Waals surface area contributed by atoms with E-state index in [1.807, 2.05) is 0 Å². The monoisotopic (exact) mass is 545 g/mol. The summed E-state index contributed by atoms with van der Waals surface area (Å²) in [4.78, 5) is 30.7. The minimum atomic E-state index is -1.14. The molecule has 3 aliphatic rings. The van der Waals surface area contributed by atoms with Crippen molar-refractivity contribution in [1.29, 1.82) is 0 Å². The first kappa shape index (κ1) is 29.0. The Morgan fingerprint density at radius 1 is 1.28 bits per heavy atom. The SMILES string of the molecule is C=CCCC(=O)N(CCN1CCOCC1)[C@@H]1C=C(C(=O)NCCO)[C@@H]2c3cc(CO)cc(OC)c3O[C@@H]2[C@H]1O. The first-order chi connectivity index (χ1) is 18.9. The average Bonchev–Trinajstić information content (AvgIpc) is 3.35. The number of nitrogens with one attached hydrogen (secondary N) is 1. The van der Waals surface area contributed by atoms with Crippen LogP contribution in [0.1, 0.15) is 29.9 Å². The van der Waals surface area contributed by atoms with Crippen molar-refractivity contribution in [3.05, 3.63) is 47.6 Å². The topological polar surface area (TPSA) is 141 Å². The molecule has 0 radical (unpaired) electrons. The molecule has 4 atom stereocenters. The van der Waals surface area contributed by atoms with Crippen molar-refractivity contribution in [1.82, 2.24) is 15.1 Å². The maximum absolute atomic E-state index is 13.4. The van der Waals surface area contributed by atoms with Crippen molar-refractivity contribution in [2.45, 2.75) is 43.6 Å². The number of benzene rings is 1. The van der Waals surface area contributed by atoms with Crippen LogP contribution in [-0.2, 0) is 20.9 Å². The van der Waals surface area contributed by atoms with Gasteiger partial charge in [0.05, 0.1) is 45.5 Å². The Hall–Kier alpha value is -2.96. The summed E-state index contributed by atoms with van der Waals surface area (Å²) in [6.07, 6.45) is 2.02. The number of ether oxygens (including phenoxy) is 3. The van der Waals surface area contributed by atoms with Crippen LogP contribution >= 0.6 is 0 Å². The van der Waals surface area contributed by atoms with Gasteiger partial charge in [0.2, 0.25) is 11.8 Å². The third-order valence-electron chi connectivity index (χ3n) is 7.50. The van der Waals surface area contributed by atoms with Crippen LogP contribution in [0.4, 0.5) is 0 Å². The van der Waals surface area contributed by atoms with Gasteiger partial charge in [-0.2, -0.15) is 0 Å². The summed E-state index contributed by atoms with van der Waals surface area (Å²) in [5, 5.41) is 33.5. The number of rotatable bonds is 12. The third-order valence-corrected chi connectivity index (χ3v) is 7.50. The largest absolute Gasteiger partial charge is 0.493 e. The summed E-state index contributed by atoms with van der Waals surface area (Å²) in [6, 6.07) is 2.58. The van der Waals surface area contributed by atoms with Crippen molar-refractivity contribution >= 4 is 11.8 Å². The lowest BCUT2D eigenvalue weighted by molar-refractivity contribution is -0.137. The van der Waals surface area contributed by atoms with Crippen LogP contribution in [0.2, 0.25) is 0 Å². The molecule has 214 valence electrons. The molecule has 0 bridgehead atoms. The number of carbonyl (C=O) groups is 2. The van der Waals surface area contributed by atoms with Gasteiger partial charge in [0.25, 0.3) is 0 Å². The third kappa shape index (κ3) is 6.28. The van der Waals surface area contributed by atoms with Crippen molar-refractivity contribution in [3.8, 4) is 11.5 Å². The van der Waals surface area contributed by atoms with Gasteiger partial charge in [-0.25, -0.2) is 0 Å². The molecule has 2 aliphatic heterocycles. The van der Waals surface area contributed by atoms with Gasteiger partial charge in [0.15, 0.2) is 11.5 Å². The number of morpholine rings is 1. The Balaban J connectivity index is 1.72. The number of nitrogens with zero attached hydrogens (tertiary/aromatic N) is 2. The Kier molecular flexibility index (Phi) is 9.98. The van der Waals surface area contributed by atoms with Crippen LogP contribution in [0.25, 0.3) is 0 Å². The lowest BCUT2D eigenvalue weighted by Crippen LogP contribution is -2.57. The lowest BCUT2D eigenvalue weighted by Gasteiger charge is -2.41. The predicted molar refractivity (Wildman–Crippen MR) is 142 cm³/mol. The van der Waals surface area contributed by atoms with E-state index in [1.165, 1.54) is 7.11 Å². The molecule has 0 saturated carbocycles. The number of methoxy groups -OCH3 is 1. The number of aliphatic hydroxyl groups excluding tert-OH is 3. The van der Waals surface area contributed by atoms with Gasteiger partial charge in [-0.3, -0.25) is 14.5 Å². The molecular weight excluding hydrogens is 506 g/mol. The highest BCUT2D eigenvalue weighted by molar-refractivity contribution is 5.96. The minimum Gasteiger partial charge on any atom is -0.493 e. The molecule has 39 heavy (non-hydrogen) atoms. The molecule has 2 heterocycles. The first-order valence-electron chi connectivity index (χ1n) is 13.4. The molecule has 0 aromatic heterocycles. The van der Waals surface area contributed by atoms with Gasteiger partial charge < -0.3 is 39.7 Å². The van der Waals surface area contributed by atoms with Crippen LogP contribution in [0.3, 0.4) is 0 Å². The number of aliphatic hydroxyl groups is 3. The average molecular weight is 546 g/mol. The second-order valence-corrected chi connectivity index (χ2v) is 9.89. The zero-order valence-electron chi connectivity index (χ0n) is 22.4. The van der Waals surface area contributed by atoms with Gasteiger partial charge in [-0.15, -0.1) is 6.58 Å². The molecule has 1 saturated heterocycles. The van der Waals surface area contributed by atoms with Crippen LogP contribution in [0.5, 0.6) is 11.5 Å². The van der Waals surface area contributed by atoms with Gasteiger partial charge >= 0.3 is 0 Å². The summed E-state index contributed by atoms with van der Waals surface area (Å²) >= 11 is 0. The Morgan fingerprint density at radius 3 is 2.72 bits per heavy atom. The smallest absolute Gasteiger partial charge is 0.247 e. The fraction of sp³-hybridized carbons (Fsp3) is 0.571. The van der Waals surface area contributed by atoms with E-state index in [1.54, 1.807) is 29.2 Å². The molecule has 0 unspecified atom stereocenters. The van der Waals surface area contributed by atoms with E-state index in [9.17, 15) is 24.9 Å². The summed E-state index contributed by atoms with van der Waals surface area (Å²) in [5.74, 6) is -0.464. The maximum atomic E-state index is 13.4. The zero-order chi connectivity index (χ0) is 27.9. The van der Waals surface area contributed by atoms with E-state index in [0.29, 0.717) is 60.9 Å². The quantitative estimate of drug-likeness (QED) is 0.266. The standard InChI is InChI=1S/C28H39N3O8/c1-3-4-5-23(34)31(8-7-30-9-12-38-13-10-30)21-16-20(28(36)29-6-11-32)24-19-14-18(17-33)15-22(37-2)26(19)39-27(24)25(21)35/h3,14-16,21,24-25,27,32-33,35H,1,4-13,17H2,2H3,(H,29,36)/t21-,24+,25+,27+/m1/s1. The van der Waals surface area contributed by atoms with E-state index in [0.717, 1.165) is 13.1 Å². The Morgan fingerprint density at radius 2 is 2.05 bits per heavy atom. The Labute approximate surface area is 228 Å². The number of hydrogen-bond acceptors (Lipinski definition) is 9. The molecule has 4 rings (SSSR count). The summed E-state index contributed by atoms with van der Waals surface area (Å²) in [7, 11) is 1.48. The summed E-state index contributed by atoms with van der Waals surface area (Å²) in [5.41, 5.74) is 1.52. The first-order valence-corrected chi connectivity index (χ1v) is 13.4. The van der Waals surface area contributed by atoms with Crippen LogP contribution < -0.4 is 14.8 Å². The number of fused-ring (bicyclic) bond motifs is 3. The molecule has 4 N–H and O–H groups in total. The zero-order valence-corrected chi connectivity index (χ0v) is 22.4. The van der Waals surface area contributed by atoms with Crippen molar-refractivity contribution in [2.24, 2.45) is 0 Å². The molecule has 2 amide bonds. The maximum Gasteiger partial charge on any atom is 0.247 e. The van der Waals surface area contributed by atoms with Gasteiger partial charge in [-0.05, 0) is 30.2 Å². The molecule has 1 aliphatic carbocycles. The second kappa shape index (κ2) is 13.4. The number of allylic oxidation sites excluding steroid dienone is 1.